The Balaban J connectivity index is 0.00000289. The Labute approximate surface area is 118 Å². The van der Waals surface area contributed by atoms with Crippen molar-refractivity contribution in [3.8, 4) is 0 Å². The smallest absolute Gasteiger partial charge is 0.221 e. The van der Waals surface area contributed by atoms with Gasteiger partial charge in [-0.05, 0) is 31.7 Å². The Kier molecular flexibility index (Phi) is 7.91. The number of carbonyl (C=O) groups is 1. The molecule has 0 aliphatic heterocycles. The Morgan fingerprint density at radius 2 is 2.17 bits per heavy atom. The van der Waals surface area contributed by atoms with Gasteiger partial charge in [0, 0.05) is 13.0 Å². The predicted octanol–water partition coefficient (Wildman–Crippen LogP) is 2.69. The number of amides is 1. The number of hydrogen-bond donors (Lipinski definition) is 2. The van der Waals surface area contributed by atoms with Crippen LogP contribution in [0, 0.1) is 5.82 Å². The molecular weight excluding hydrogens is 278 g/mol. The zero-order valence-electron chi connectivity index (χ0n) is 10.3. The first kappa shape index (κ1) is 17.2. The number of rotatable bonds is 5. The van der Waals surface area contributed by atoms with Gasteiger partial charge in [0.25, 0.3) is 0 Å². The molecule has 102 valence electrons. The molecule has 0 heterocycles. The molecular formula is C12H17Cl2FN2O. The molecule has 1 aromatic carbocycles. The van der Waals surface area contributed by atoms with E-state index in [2.05, 4.69) is 10.6 Å². The van der Waals surface area contributed by atoms with E-state index in [0.29, 0.717) is 13.0 Å². The summed E-state index contributed by atoms with van der Waals surface area (Å²) in [6, 6.07) is 4.26. The summed E-state index contributed by atoms with van der Waals surface area (Å²) >= 11 is 5.68. The zero-order chi connectivity index (χ0) is 12.8. The van der Waals surface area contributed by atoms with E-state index in [1.807, 2.05) is 6.92 Å². The molecule has 0 spiro atoms. The Hall–Kier alpha value is -0.840. The fourth-order valence-corrected chi connectivity index (χ4v) is 1.61. The molecule has 0 aromatic heterocycles. The summed E-state index contributed by atoms with van der Waals surface area (Å²) in [4.78, 5) is 11.5. The van der Waals surface area contributed by atoms with Crippen LogP contribution in [-0.4, -0.2) is 19.5 Å². The molecule has 1 unspecified atom stereocenters. The van der Waals surface area contributed by atoms with E-state index in [1.54, 1.807) is 13.1 Å². The highest BCUT2D eigenvalue weighted by Gasteiger charge is 2.10. The molecule has 1 rings (SSSR count). The van der Waals surface area contributed by atoms with Gasteiger partial charge in [0.2, 0.25) is 5.91 Å². The first-order valence-corrected chi connectivity index (χ1v) is 5.81. The number of halogens is 3. The second-order valence-corrected chi connectivity index (χ2v) is 4.22. The quantitative estimate of drug-likeness (QED) is 0.877. The third-order valence-electron chi connectivity index (χ3n) is 2.42. The summed E-state index contributed by atoms with van der Waals surface area (Å²) in [6.07, 6.45) is 0.412. The summed E-state index contributed by atoms with van der Waals surface area (Å²) in [5.41, 5.74) is 0.786. The van der Waals surface area contributed by atoms with E-state index in [-0.39, 0.29) is 29.4 Å². The number of benzene rings is 1. The lowest BCUT2D eigenvalue weighted by Crippen LogP contribution is -2.29. The molecule has 0 aliphatic carbocycles. The summed E-state index contributed by atoms with van der Waals surface area (Å²) in [7, 11) is 1.79. The minimum Gasteiger partial charge on any atom is -0.350 e. The van der Waals surface area contributed by atoms with E-state index in [9.17, 15) is 9.18 Å². The highest BCUT2D eigenvalue weighted by Crippen LogP contribution is 2.20. The van der Waals surface area contributed by atoms with Crippen LogP contribution in [0.5, 0.6) is 0 Å². The predicted molar refractivity (Wildman–Crippen MR) is 73.8 cm³/mol. The van der Waals surface area contributed by atoms with Gasteiger partial charge >= 0.3 is 0 Å². The SMILES string of the molecule is CNCCC(=O)NC(C)c1ccc(F)c(Cl)c1.Cl. The number of nitrogens with one attached hydrogen (secondary N) is 2. The van der Waals surface area contributed by atoms with Gasteiger partial charge in [0.15, 0.2) is 0 Å². The monoisotopic (exact) mass is 294 g/mol. The molecule has 0 saturated heterocycles. The summed E-state index contributed by atoms with van der Waals surface area (Å²) in [5.74, 6) is -0.503. The fourth-order valence-electron chi connectivity index (χ4n) is 1.42. The van der Waals surface area contributed by atoms with Crippen LogP contribution in [0.2, 0.25) is 5.02 Å². The Morgan fingerprint density at radius 3 is 2.72 bits per heavy atom. The van der Waals surface area contributed by atoms with Gasteiger partial charge in [0.05, 0.1) is 11.1 Å². The lowest BCUT2D eigenvalue weighted by Gasteiger charge is -2.14. The molecule has 0 bridgehead atoms. The van der Waals surface area contributed by atoms with Crippen molar-refractivity contribution in [2.24, 2.45) is 0 Å². The van der Waals surface area contributed by atoms with Gasteiger partial charge in [0.1, 0.15) is 5.82 Å². The number of carbonyl (C=O) groups excluding carboxylic acids is 1. The van der Waals surface area contributed by atoms with Crippen molar-refractivity contribution in [1.82, 2.24) is 10.6 Å². The van der Waals surface area contributed by atoms with Crippen molar-refractivity contribution >= 4 is 29.9 Å². The minimum absolute atomic E-state index is 0. The van der Waals surface area contributed by atoms with Gasteiger partial charge in [-0.3, -0.25) is 4.79 Å². The maximum absolute atomic E-state index is 13.0. The highest BCUT2D eigenvalue weighted by atomic mass is 35.5. The molecule has 1 atom stereocenters. The second kappa shape index (κ2) is 8.29. The zero-order valence-corrected chi connectivity index (χ0v) is 11.9. The van der Waals surface area contributed by atoms with Gasteiger partial charge < -0.3 is 10.6 Å². The molecule has 0 saturated carbocycles. The molecule has 3 nitrogen and oxygen atoms in total. The van der Waals surface area contributed by atoms with Crippen molar-refractivity contribution < 1.29 is 9.18 Å². The van der Waals surface area contributed by atoms with Crippen molar-refractivity contribution in [2.45, 2.75) is 19.4 Å². The van der Waals surface area contributed by atoms with Gasteiger partial charge in [-0.2, -0.15) is 0 Å². The maximum atomic E-state index is 13.0. The van der Waals surface area contributed by atoms with Crippen LogP contribution >= 0.6 is 24.0 Å². The maximum Gasteiger partial charge on any atom is 0.221 e. The molecule has 6 heteroatoms. The van der Waals surface area contributed by atoms with Crippen LogP contribution in [0.4, 0.5) is 4.39 Å². The van der Waals surface area contributed by atoms with Crippen molar-refractivity contribution in [1.29, 1.82) is 0 Å². The molecule has 0 radical (unpaired) electrons. The van der Waals surface area contributed by atoms with Crippen molar-refractivity contribution in [3.05, 3.63) is 34.6 Å². The van der Waals surface area contributed by atoms with Gasteiger partial charge in [-0.15, -0.1) is 12.4 Å². The van der Waals surface area contributed by atoms with Crippen LogP contribution < -0.4 is 10.6 Å². The first-order chi connectivity index (χ1) is 8.04. The van der Waals surface area contributed by atoms with E-state index >= 15 is 0 Å². The molecule has 2 N–H and O–H groups in total. The lowest BCUT2D eigenvalue weighted by molar-refractivity contribution is -0.121. The third kappa shape index (κ3) is 5.21. The standard InChI is InChI=1S/C12H16ClFN2O.ClH/c1-8(16-12(17)5-6-15-2)9-3-4-11(14)10(13)7-9;/h3-4,7-8,15H,5-6H2,1-2H3,(H,16,17);1H. The van der Waals surface area contributed by atoms with E-state index in [1.165, 1.54) is 12.1 Å². The van der Waals surface area contributed by atoms with Crippen LogP contribution in [0.1, 0.15) is 24.9 Å². The highest BCUT2D eigenvalue weighted by molar-refractivity contribution is 6.30. The van der Waals surface area contributed by atoms with E-state index in [0.717, 1.165) is 5.56 Å². The molecule has 0 fully saturated rings. The minimum atomic E-state index is -0.455. The molecule has 0 aliphatic rings. The topological polar surface area (TPSA) is 41.1 Å². The first-order valence-electron chi connectivity index (χ1n) is 5.43. The summed E-state index contributed by atoms with van der Waals surface area (Å²) in [5, 5.41) is 5.78. The average Bonchev–Trinajstić information content (AvgIpc) is 2.30. The normalized spacial score (nSPS) is 11.6. The molecule has 1 aromatic rings. The van der Waals surface area contributed by atoms with Gasteiger partial charge in [-0.25, -0.2) is 4.39 Å². The van der Waals surface area contributed by atoms with Crippen LogP contribution in [-0.2, 0) is 4.79 Å². The second-order valence-electron chi connectivity index (χ2n) is 3.82. The molecule has 18 heavy (non-hydrogen) atoms. The van der Waals surface area contributed by atoms with Crippen LogP contribution in [0.3, 0.4) is 0 Å². The summed E-state index contributed by atoms with van der Waals surface area (Å²) < 4.78 is 13.0. The third-order valence-corrected chi connectivity index (χ3v) is 2.71. The Morgan fingerprint density at radius 1 is 1.50 bits per heavy atom. The van der Waals surface area contributed by atoms with Crippen LogP contribution in [0.25, 0.3) is 0 Å². The van der Waals surface area contributed by atoms with Gasteiger partial charge in [-0.1, -0.05) is 17.7 Å². The van der Waals surface area contributed by atoms with Crippen LogP contribution in [0.15, 0.2) is 18.2 Å². The van der Waals surface area contributed by atoms with E-state index < -0.39 is 5.82 Å². The average molecular weight is 295 g/mol. The Bertz CT molecular complexity index is 402. The molecule has 1 amide bonds. The fraction of sp³-hybridized carbons (Fsp3) is 0.417. The summed E-state index contributed by atoms with van der Waals surface area (Å²) in [6.45, 7) is 2.46. The van der Waals surface area contributed by atoms with Crippen molar-refractivity contribution in [2.75, 3.05) is 13.6 Å². The lowest BCUT2D eigenvalue weighted by atomic mass is 10.1. The number of hydrogen-bond acceptors (Lipinski definition) is 2. The largest absolute Gasteiger partial charge is 0.350 e. The van der Waals surface area contributed by atoms with E-state index in [4.69, 9.17) is 11.6 Å². The van der Waals surface area contributed by atoms with Crippen molar-refractivity contribution in [3.63, 3.8) is 0 Å².